The summed E-state index contributed by atoms with van der Waals surface area (Å²) in [6, 6.07) is 9.61. The lowest BCUT2D eigenvalue weighted by Gasteiger charge is -2.36. The van der Waals surface area contributed by atoms with Crippen LogP contribution in [0.1, 0.15) is 11.1 Å². The van der Waals surface area contributed by atoms with Crippen molar-refractivity contribution in [2.45, 2.75) is 6.29 Å². The third kappa shape index (κ3) is 3.70. The first-order valence-electron chi connectivity index (χ1n) is 8.91. The molecule has 2 fully saturated rings. The van der Waals surface area contributed by atoms with Crippen molar-refractivity contribution in [3.63, 3.8) is 0 Å². The molecule has 3 aliphatic heterocycles. The number of guanidine groups is 1. The highest BCUT2D eigenvalue weighted by Gasteiger charge is 2.27. The Labute approximate surface area is 152 Å². The number of rotatable bonds is 2. The summed E-state index contributed by atoms with van der Waals surface area (Å²) in [5.74, 6) is 1.61. The second-order valence-corrected chi connectivity index (χ2v) is 6.34. The van der Waals surface area contributed by atoms with E-state index in [9.17, 15) is 0 Å². The van der Waals surface area contributed by atoms with Crippen LogP contribution in [0.2, 0.25) is 0 Å². The maximum absolute atomic E-state index is 9.01. The number of hydrogen-bond acceptors (Lipinski definition) is 8. The van der Waals surface area contributed by atoms with Gasteiger partial charge in [0.15, 0.2) is 0 Å². The van der Waals surface area contributed by atoms with Gasteiger partial charge in [0.25, 0.3) is 0 Å². The SMILES string of the molecule is N#Cc1ccc(C2=NC(N3CCOCC3)N=C(N3CCOCC3)N2)cc1. The lowest BCUT2D eigenvalue weighted by molar-refractivity contribution is 0.0189. The number of aliphatic imine (C=N–C) groups is 2. The van der Waals surface area contributed by atoms with Gasteiger partial charge in [-0.3, -0.25) is 4.90 Å². The van der Waals surface area contributed by atoms with Gasteiger partial charge in [-0.05, 0) is 24.3 Å². The number of hydrogen-bond donors (Lipinski definition) is 1. The van der Waals surface area contributed by atoms with Crippen molar-refractivity contribution in [1.29, 1.82) is 5.26 Å². The normalized spacial score (nSPS) is 24.3. The van der Waals surface area contributed by atoms with Crippen LogP contribution in [0.25, 0.3) is 0 Å². The number of benzene rings is 1. The number of amidine groups is 1. The molecule has 136 valence electrons. The summed E-state index contributed by atoms with van der Waals surface area (Å²) in [5, 5.41) is 12.4. The molecule has 8 heteroatoms. The fourth-order valence-corrected chi connectivity index (χ4v) is 3.18. The second kappa shape index (κ2) is 7.83. The van der Waals surface area contributed by atoms with E-state index in [2.05, 4.69) is 21.2 Å². The summed E-state index contributed by atoms with van der Waals surface area (Å²) in [6.07, 6.45) is -0.261. The van der Waals surface area contributed by atoms with Crippen molar-refractivity contribution in [2.24, 2.45) is 9.98 Å². The molecular weight excluding hydrogens is 332 g/mol. The highest BCUT2D eigenvalue weighted by molar-refractivity contribution is 6.09. The molecule has 1 aromatic rings. The molecule has 1 N–H and O–H groups in total. The van der Waals surface area contributed by atoms with Crippen molar-refractivity contribution in [2.75, 3.05) is 52.6 Å². The number of nitrogens with zero attached hydrogens (tertiary/aromatic N) is 5. The van der Waals surface area contributed by atoms with Crippen molar-refractivity contribution < 1.29 is 9.47 Å². The molecule has 0 radical (unpaired) electrons. The highest BCUT2D eigenvalue weighted by Crippen LogP contribution is 2.15. The Balaban J connectivity index is 1.61. The summed E-state index contributed by atoms with van der Waals surface area (Å²) in [5.41, 5.74) is 1.58. The third-order valence-corrected chi connectivity index (χ3v) is 4.68. The van der Waals surface area contributed by atoms with E-state index >= 15 is 0 Å². The van der Waals surface area contributed by atoms with Crippen LogP contribution in [0.15, 0.2) is 34.3 Å². The van der Waals surface area contributed by atoms with Crippen LogP contribution >= 0.6 is 0 Å². The van der Waals surface area contributed by atoms with E-state index in [1.807, 2.05) is 24.3 Å². The fourth-order valence-electron chi connectivity index (χ4n) is 3.18. The quantitative estimate of drug-likeness (QED) is 0.817. The van der Waals surface area contributed by atoms with Crippen LogP contribution in [0.3, 0.4) is 0 Å². The van der Waals surface area contributed by atoms with E-state index in [4.69, 9.17) is 24.7 Å². The smallest absolute Gasteiger partial charge is 0.203 e. The summed E-state index contributed by atoms with van der Waals surface area (Å²) >= 11 is 0. The van der Waals surface area contributed by atoms with Crippen molar-refractivity contribution >= 4 is 11.8 Å². The zero-order valence-corrected chi connectivity index (χ0v) is 14.6. The van der Waals surface area contributed by atoms with Gasteiger partial charge >= 0.3 is 0 Å². The average molecular weight is 354 g/mol. The first-order valence-corrected chi connectivity index (χ1v) is 8.91. The topological polar surface area (TPSA) is 85.5 Å². The number of morpholine rings is 2. The molecule has 8 nitrogen and oxygen atoms in total. The summed E-state index contributed by atoms with van der Waals surface area (Å²) in [6.45, 7) is 6.05. The van der Waals surface area contributed by atoms with Crippen LogP contribution < -0.4 is 5.32 Å². The molecule has 0 aliphatic carbocycles. The summed E-state index contributed by atoms with van der Waals surface area (Å²) in [4.78, 5) is 14.1. The lowest BCUT2D eigenvalue weighted by atomic mass is 10.1. The van der Waals surface area contributed by atoms with E-state index < -0.39 is 0 Å². The van der Waals surface area contributed by atoms with Crippen LogP contribution in [0, 0.1) is 11.3 Å². The van der Waals surface area contributed by atoms with Crippen LogP contribution in [-0.4, -0.2) is 80.5 Å². The molecule has 3 heterocycles. The second-order valence-electron chi connectivity index (χ2n) is 6.34. The molecule has 1 unspecified atom stereocenters. The number of nitriles is 1. The van der Waals surface area contributed by atoms with E-state index in [1.54, 1.807) is 0 Å². The zero-order valence-electron chi connectivity index (χ0n) is 14.6. The van der Waals surface area contributed by atoms with Crippen LogP contribution in [0.4, 0.5) is 0 Å². The minimum absolute atomic E-state index is 0.261. The molecule has 0 spiro atoms. The van der Waals surface area contributed by atoms with Gasteiger partial charge in [0.2, 0.25) is 12.2 Å². The Morgan fingerprint density at radius 2 is 1.62 bits per heavy atom. The summed E-state index contributed by atoms with van der Waals surface area (Å²) < 4.78 is 10.9. The molecule has 0 aromatic heterocycles. The number of nitrogens with one attached hydrogen (secondary N) is 1. The van der Waals surface area contributed by atoms with Crippen molar-refractivity contribution in [3.8, 4) is 6.07 Å². The highest BCUT2D eigenvalue weighted by atomic mass is 16.5. The zero-order chi connectivity index (χ0) is 17.8. The maximum Gasteiger partial charge on any atom is 0.203 e. The Hall–Kier alpha value is -2.47. The predicted octanol–water partition coefficient (Wildman–Crippen LogP) is 0.212. The molecule has 1 aromatic carbocycles. The van der Waals surface area contributed by atoms with Gasteiger partial charge in [0, 0.05) is 31.7 Å². The standard InChI is InChI=1S/C18H22N6O2/c19-13-14-1-3-15(4-2-14)16-20-17(23-5-9-25-10-6-23)22-18(21-16)24-7-11-26-12-8-24/h1-4,17H,5-12H2,(H,20,21,22). The van der Waals surface area contributed by atoms with Gasteiger partial charge in [0.1, 0.15) is 5.84 Å². The van der Waals surface area contributed by atoms with E-state index in [0.29, 0.717) is 32.0 Å². The van der Waals surface area contributed by atoms with Crippen LogP contribution in [0.5, 0.6) is 0 Å². The molecule has 2 saturated heterocycles. The first-order chi connectivity index (χ1) is 12.8. The molecule has 0 saturated carbocycles. The molecule has 26 heavy (non-hydrogen) atoms. The molecule has 1 atom stereocenters. The third-order valence-electron chi connectivity index (χ3n) is 4.68. The molecule has 0 bridgehead atoms. The van der Waals surface area contributed by atoms with E-state index in [1.165, 1.54) is 0 Å². The van der Waals surface area contributed by atoms with Crippen molar-refractivity contribution in [1.82, 2.24) is 15.1 Å². The minimum atomic E-state index is -0.261. The Morgan fingerprint density at radius 3 is 2.27 bits per heavy atom. The van der Waals surface area contributed by atoms with E-state index in [0.717, 1.165) is 43.5 Å². The van der Waals surface area contributed by atoms with Gasteiger partial charge in [-0.15, -0.1) is 0 Å². The molecule has 3 aliphatic rings. The Morgan fingerprint density at radius 1 is 0.962 bits per heavy atom. The van der Waals surface area contributed by atoms with Gasteiger partial charge in [0.05, 0.1) is 38.1 Å². The first kappa shape index (κ1) is 17.0. The monoisotopic (exact) mass is 354 g/mol. The number of ether oxygens (including phenoxy) is 2. The average Bonchev–Trinajstić information content (AvgIpc) is 2.75. The van der Waals surface area contributed by atoms with E-state index in [-0.39, 0.29) is 6.29 Å². The summed E-state index contributed by atoms with van der Waals surface area (Å²) in [7, 11) is 0. The minimum Gasteiger partial charge on any atom is -0.379 e. The largest absolute Gasteiger partial charge is 0.379 e. The van der Waals surface area contributed by atoms with Gasteiger partial charge < -0.3 is 19.7 Å². The fraction of sp³-hybridized carbons (Fsp3) is 0.500. The van der Waals surface area contributed by atoms with Gasteiger partial charge in [-0.2, -0.15) is 5.26 Å². The van der Waals surface area contributed by atoms with Crippen molar-refractivity contribution in [3.05, 3.63) is 35.4 Å². The predicted molar refractivity (Wildman–Crippen MR) is 96.8 cm³/mol. The lowest BCUT2D eigenvalue weighted by Crippen LogP contribution is -2.54. The maximum atomic E-state index is 9.01. The molecule has 0 amide bonds. The Kier molecular flexibility index (Phi) is 5.11. The van der Waals surface area contributed by atoms with Gasteiger partial charge in [-0.1, -0.05) is 0 Å². The van der Waals surface area contributed by atoms with Crippen LogP contribution in [-0.2, 0) is 9.47 Å². The molecule has 4 rings (SSSR count). The Bertz CT molecular complexity index is 727. The molecular formula is C18H22N6O2. The van der Waals surface area contributed by atoms with Gasteiger partial charge in [-0.25, -0.2) is 9.98 Å².